The Morgan fingerprint density at radius 2 is 1.70 bits per heavy atom. The van der Waals surface area contributed by atoms with Gasteiger partial charge >= 0.3 is 0 Å². The number of hydrogen-bond donors (Lipinski definition) is 2. The normalized spacial score (nSPS) is 13.1. The fourth-order valence-corrected chi connectivity index (χ4v) is 2.98. The first-order valence-corrected chi connectivity index (χ1v) is 8.53. The minimum Gasteiger partial charge on any atom is -0.368 e. The second-order valence-electron chi connectivity index (χ2n) is 5.12. The molecule has 2 rings (SSSR count). The van der Waals surface area contributed by atoms with E-state index < -0.39 is 22.0 Å². The van der Waals surface area contributed by atoms with E-state index in [0.29, 0.717) is 5.56 Å². The van der Waals surface area contributed by atoms with E-state index in [1.807, 2.05) is 31.2 Å². The number of carbonyl (C=O) groups is 1. The largest absolute Gasteiger partial charge is 0.368 e. The summed E-state index contributed by atoms with van der Waals surface area (Å²) >= 11 is 0. The molecule has 0 heterocycles. The highest BCUT2D eigenvalue weighted by molar-refractivity contribution is 7.92. The molecule has 0 aromatic heterocycles. The predicted octanol–water partition coefficient (Wildman–Crippen LogP) is 2.11. The molecular weight excluding hydrogens is 312 g/mol. The SMILES string of the molecule is Cc1ccc(C=CS(=O)(=O)NC(C(N)=O)c2ccccc2)cc1. The number of amides is 1. The second kappa shape index (κ2) is 7.21. The Kier molecular flexibility index (Phi) is 5.31. The molecule has 1 atom stereocenters. The highest BCUT2D eigenvalue weighted by Gasteiger charge is 2.22. The lowest BCUT2D eigenvalue weighted by molar-refractivity contribution is -0.119. The third-order valence-corrected chi connectivity index (χ3v) is 4.28. The van der Waals surface area contributed by atoms with E-state index in [0.717, 1.165) is 16.5 Å². The highest BCUT2D eigenvalue weighted by atomic mass is 32.2. The number of primary amides is 1. The Morgan fingerprint density at radius 3 is 2.26 bits per heavy atom. The second-order valence-corrected chi connectivity index (χ2v) is 6.72. The molecule has 0 aliphatic heterocycles. The van der Waals surface area contributed by atoms with Crippen LogP contribution in [-0.4, -0.2) is 14.3 Å². The van der Waals surface area contributed by atoms with Crippen LogP contribution in [0.2, 0.25) is 0 Å². The van der Waals surface area contributed by atoms with Crippen molar-refractivity contribution in [3.63, 3.8) is 0 Å². The van der Waals surface area contributed by atoms with Crippen molar-refractivity contribution in [2.24, 2.45) is 5.73 Å². The first-order chi connectivity index (χ1) is 10.9. The van der Waals surface area contributed by atoms with Gasteiger partial charge in [-0.1, -0.05) is 60.2 Å². The van der Waals surface area contributed by atoms with E-state index in [9.17, 15) is 13.2 Å². The summed E-state index contributed by atoms with van der Waals surface area (Å²) < 4.78 is 26.6. The zero-order chi connectivity index (χ0) is 16.9. The number of nitrogens with one attached hydrogen (secondary N) is 1. The van der Waals surface area contributed by atoms with E-state index in [1.54, 1.807) is 30.3 Å². The van der Waals surface area contributed by atoms with Crippen LogP contribution in [0.15, 0.2) is 60.0 Å². The maximum absolute atomic E-state index is 12.2. The summed E-state index contributed by atoms with van der Waals surface area (Å²) in [6, 6.07) is 14.8. The van der Waals surface area contributed by atoms with E-state index in [-0.39, 0.29) is 0 Å². The van der Waals surface area contributed by atoms with Crippen LogP contribution in [0.5, 0.6) is 0 Å². The van der Waals surface area contributed by atoms with Crippen LogP contribution < -0.4 is 10.5 Å². The fraction of sp³-hybridized carbons (Fsp3) is 0.118. The minimum absolute atomic E-state index is 0.493. The van der Waals surface area contributed by atoms with Gasteiger partial charge < -0.3 is 5.73 Å². The van der Waals surface area contributed by atoms with E-state index in [4.69, 9.17) is 5.73 Å². The van der Waals surface area contributed by atoms with Crippen molar-refractivity contribution in [1.82, 2.24) is 4.72 Å². The lowest BCUT2D eigenvalue weighted by atomic mass is 10.1. The summed E-state index contributed by atoms with van der Waals surface area (Å²) in [6.45, 7) is 1.95. The molecule has 1 unspecified atom stereocenters. The molecule has 0 bridgehead atoms. The Labute approximate surface area is 135 Å². The van der Waals surface area contributed by atoms with Crippen LogP contribution in [0.1, 0.15) is 22.7 Å². The van der Waals surface area contributed by atoms with Gasteiger partial charge in [0.25, 0.3) is 0 Å². The van der Waals surface area contributed by atoms with Gasteiger partial charge in [0, 0.05) is 5.41 Å². The van der Waals surface area contributed by atoms with Crippen molar-refractivity contribution >= 4 is 22.0 Å². The van der Waals surface area contributed by atoms with Gasteiger partial charge in [-0.05, 0) is 24.1 Å². The molecule has 2 aromatic rings. The number of carbonyl (C=O) groups excluding carboxylic acids is 1. The molecule has 2 aromatic carbocycles. The van der Waals surface area contributed by atoms with Crippen molar-refractivity contribution in [2.75, 3.05) is 0 Å². The Balaban J connectivity index is 2.18. The van der Waals surface area contributed by atoms with Crippen molar-refractivity contribution in [2.45, 2.75) is 13.0 Å². The first-order valence-electron chi connectivity index (χ1n) is 6.99. The monoisotopic (exact) mass is 330 g/mol. The third-order valence-electron chi connectivity index (χ3n) is 3.22. The van der Waals surface area contributed by atoms with E-state index in [2.05, 4.69) is 4.72 Å². The van der Waals surface area contributed by atoms with E-state index >= 15 is 0 Å². The van der Waals surface area contributed by atoms with Crippen LogP contribution in [-0.2, 0) is 14.8 Å². The highest BCUT2D eigenvalue weighted by Crippen LogP contribution is 2.14. The van der Waals surface area contributed by atoms with Gasteiger partial charge in [-0.15, -0.1) is 0 Å². The molecule has 0 saturated carbocycles. The number of hydrogen-bond acceptors (Lipinski definition) is 3. The number of rotatable bonds is 6. The van der Waals surface area contributed by atoms with Gasteiger partial charge in [0.1, 0.15) is 6.04 Å². The van der Waals surface area contributed by atoms with Crippen LogP contribution >= 0.6 is 0 Å². The van der Waals surface area contributed by atoms with Crippen molar-refractivity contribution in [1.29, 1.82) is 0 Å². The molecular formula is C17H18N2O3S. The summed E-state index contributed by atoms with van der Waals surface area (Å²) in [6.07, 6.45) is 1.46. The summed E-state index contributed by atoms with van der Waals surface area (Å²) in [5.41, 5.74) is 7.63. The molecule has 6 heteroatoms. The van der Waals surface area contributed by atoms with Crippen LogP contribution in [0.25, 0.3) is 6.08 Å². The number of benzene rings is 2. The lowest BCUT2D eigenvalue weighted by Crippen LogP contribution is -2.36. The number of sulfonamides is 1. The average molecular weight is 330 g/mol. The Morgan fingerprint density at radius 1 is 1.09 bits per heavy atom. The molecule has 0 radical (unpaired) electrons. The maximum Gasteiger partial charge on any atom is 0.240 e. The quantitative estimate of drug-likeness (QED) is 0.850. The third kappa shape index (κ3) is 5.05. The number of nitrogens with two attached hydrogens (primary N) is 1. The molecule has 0 aliphatic carbocycles. The van der Waals surface area contributed by atoms with Gasteiger partial charge in [-0.3, -0.25) is 4.79 Å². The molecule has 5 nitrogen and oxygen atoms in total. The van der Waals surface area contributed by atoms with Crippen LogP contribution in [0.4, 0.5) is 0 Å². The van der Waals surface area contributed by atoms with Gasteiger partial charge in [0.05, 0.1) is 0 Å². The van der Waals surface area contributed by atoms with Crippen LogP contribution in [0, 0.1) is 6.92 Å². The summed E-state index contributed by atoms with van der Waals surface area (Å²) in [5, 5.41) is 1.02. The first kappa shape index (κ1) is 16.9. The topological polar surface area (TPSA) is 89.3 Å². The predicted molar refractivity (Wildman–Crippen MR) is 90.6 cm³/mol. The molecule has 0 spiro atoms. The zero-order valence-corrected chi connectivity index (χ0v) is 13.5. The van der Waals surface area contributed by atoms with Crippen LogP contribution in [0.3, 0.4) is 0 Å². The van der Waals surface area contributed by atoms with Gasteiger partial charge in [-0.2, -0.15) is 4.72 Å². The fourth-order valence-electron chi connectivity index (χ4n) is 1.99. The molecule has 120 valence electrons. The molecule has 1 amide bonds. The van der Waals surface area contributed by atoms with Crippen molar-refractivity contribution < 1.29 is 13.2 Å². The lowest BCUT2D eigenvalue weighted by Gasteiger charge is -2.14. The Hall–Kier alpha value is -2.44. The Bertz CT molecular complexity index is 797. The van der Waals surface area contributed by atoms with Gasteiger partial charge in [-0.25, -0.2) is 8.42 Å². The summed E-state index contributed by atoms with van der Waals surface area (Å²) in [5.74, 6) is -0.761. The standard InChI is InChI=1S/C17H18N2O3S/c1-13-7-9-14(10-8-13)11-12-23(21,22)19-16(17(18)20)15-5-3-2-4-6-15/h2-12,16,19H,1H3,(H2,18,20). The molecule has 0 fully saturated rings. The number of aryl methyl sites for hydroxylation is 1. The zero-order valence-electron chi connectivity index (χ0n) is 12.6. The smallest absolute Gasteiger partial charge is 0.240 e. The summed E-state index contributed by atoms with van der Waals surface area (Å²) in [7, 11) is -3.81. The molecule has 3 N–H and O–H groups in total. The van der Waals surface area contributed by atoms with Gasteiger partial charge in [0.15, 0.2) is 0 Å². The van der Waals surface area contributed by atoms with Crippen molar-refractivity contribution in [3.8, 4) is 0 Å². The average Bonchev–Trinajstić information content (AvgIpc) is 2.53. The van der Waals surface area contributed by atoms with E-state index in [1.165, 1.54) is 6.08 Å². The minimum atomic E-state index is -3.81. The molecule has 0 saturated heterocycles. The maximum atomic E-state index is 12.2. The van der Waals surface area contributed by atoms with Gasteiger partial charge in [0.2, 0.25) is 15.9 Å². The summed E-state index contributed by atoms with van der Waals surface area (Å²) in [4.78, 5) is 11.6. The molecule has 23 heavy (non-hydrogen) atoms. The van der Waals surface area contributed by atoms with Crippen molar-refractivity contribution in [3.05, 3.63) is 76.7 Å². The molecule has 0 aliphatic rings.